The van der Waals surface area contributed by atoms with Gasteiger partial charge in [-0.3, -0.25) is 0 Å². The van der Waals surface area contributed by atoms with Gasteiger partial charge in [0.15, 0.2) is 0 Å². The maximum atomic E-state index is 13.4. The number of hydrogen-bond donors (Lipinski definition) is 1. The van der Waals surface area contributed by atoms with Crippen molar-refractivity contribution in [3.05, 3.63) is 71.4 Å². The van der Waals surface area contributed by atoms with Crippen molar-refractivity contribution in [1.82, 2.24) is 10.1 Å². The normalized spacial score (nSPS) is 12.3. The maximum Gasteiger partial charge on any atom is 0.248 e. The van der Waals surface area contributed by atoms with Gasteiger partial charge in [0, 0.05) is 5.56 Å². The third kappa shape index (κ3) is 2.68. The summed E-state index contributed by atoms with van der Waals surface area (Å²) < 4.78 is 18.6. The van der Waals surface area contributed by atoms with Crippen molar-refractivity contribution in [2.24, 2.45) is 5.73 Å². The van der Waals surface area contributed by atoms with E-state index in [1.54, 1.807) is 6.07 Å². The first-order valence-electron chi connectivity index (χ1n) is 6.56. The molecule has 1 heterocycles. The van der Waals surface area contributed by atoms with Gasteiger partial charge < -0.3 is 10.3 Å². The number of hydrogen-bond acceptors (Lipinski definition) is 4. The summed E-state index contributed by atoms with van der Waals surface area (Å²) in [7, 11) is 0. The molecule has 0 spiro atoms. The fourth-order valence-corrected chi connectivity index (χ4v) is 2.11. The van der Waals surface area contributed by atoms with Crippen LogP contribution in [0.15, 0.2) is 53.1 Å². The standard InChI is InChI=1S/C16H14FN3O/c1-10-7-8-12(17)9-13(10)15-19-16(21-20-15)14(18)11-5-3-2-4-6-11/h2-9,14H,18H2,1H3/t14-/m1/s1. The van der Waals surface area contributed by atoms with E-state index in [0.717, 1.165) is 11.1 Å². The Labute approximate surface area is 121 Å². The van der Waals surface area contributed by atoms with Gasteiger partial charge in [-0.1, -0.05) is 41.6 Å². The second kappa shape index (κ2) is 5.46. The summed E-state index contributed by atoms with van der Waals surface area (Å²) in [5.41, 5.74) is 8.46. The van der Waals surface area contributed by atoms with E-state index in [4.69, 9.17) is 10.3 Å². The molecular weight excluding hydrogens is 269 g/mol. The Morgan fingerprint density at radius 2 is 1.90 bits per heavy atom. The third-order valence-electron chi connectivity index (χ3n) is 3.31. The molecule has 0 amide bonds. The quantitative estimate of drug-likeness (QED) is 0.801. The zero-order valence-corrected chi connectivity index (χ0v) is 11.5. The molecule has 0 fully saturated rings. The molecule has 1 atom stereocenters. The molecule has 0 aliphatic heterocycles. The maximum absolute atomic E-state index is 13.4. The molecule has 21 heavy (non-hydrogen) atoms. The highest BCUT2D eigenvalue weighted by Gasteiger charge is 2.18. The monoisotopic (exact) mass is 283 g/mol. The molecular formula is C16H14FN3O. The van der Waals surface area contributed by atoms with Crippen LogP contribution in [0.25, 0.3) is 11.4 Å². The summed E-state index contributed by atoms with van der Waals surface area (Å²) in [5.74, 6) is 0.308. The van der Waals surface area contributed by atoms with Crippen LogP contribution in [-0.4, -0.2) is 10.1 Å². The molecule has 5 heteroatoms. The molecule has 0 saturated carbocycles. The van der Waals surface area contributed by atoms with Crippen LogP contribution < -0.4 is 5.73 Å². The Bertz CT molecular complexity index is 755. The van der Waals surface area contributed by atoms with E-state index in [-0.39, 0.29) is 5.82 Å². The van der Waals surface area contributed by atoms with E-state index in [9.17, 15) is 4.39 Å². The summed E-state index contributed by atoms with van der Waals surface area (Å²) >= 11 is 0. The lowest BCUT2D eigenvalue weighted by molar-refractivity contribution is 0.367. The van der Waals surface area contributed by atoms with Gasteiger partial charge in [-0.25, -0.2) is 4.39 Å². The molecule has 0 radical (unpaired) electrons. The number of nitrogens with zero attached hydrogens (tertiary/aromatic N) is 2. The lowest BCUT2D eigenvalue weighted by Crippen LogP contribution is -2.12. The van der Waals surface area contributed by atoms with Crippen LogP contribution in [0.3, 0.4) is 0 Å². The van der Waals surface area contributed by atoms with Crippen molar-refractivity contribution >= 4 is 0 Å². The highest BCUT2D eigenvalue weighted by Crippen LogP contribution is 2.24. The van der Waals surface area contributed by atoms with Crippen LogP contribution in [0, 0.1) is 12.7 Å². The lowest BCUT2D eigenvalue weighted by Gasteiger charge is -2.05. The van der Waals surface area contributed by atoms with Crippen LogP contribution in [0.5, 0.6) is 0 Å². The fourth-order valence-electron chi connectivity index (χ4n) is 2.11. The van der Waals surface area contributed by atoms with E-state index in [2.05, 4.69) is 10.1 Å². The number of aromatic nitrogens is 2. The molecule has 0 aliphatic carbocycles. The van der Waals surface area contributed by atoms with Gasteiger partial charge in [-0.05, 0) is 30.2 Å². The van der Waals surface area contributed by atoms with Gasteiger partial charge >= 0.3 is 0 Å². The first kappa shape index (κ1) is 13.5. The van der Waals surface area contributed by atoms with E-state index < -0.39 is 6.04 Å². The molecule has 0 saturated heterocycles. The van der Waals surface area contributed by atoms with E-state index >= 15 is 0 Å². The van der Waals surface area contributed by atoms with Gasteiger partial charge in [-0.2, -0.15) is 4.98 Å². The summed E-state index contributed by atoms with van der Waals surface area (Å²) in [4.78, 5) is 4.29. The van der Waals surface area contributed by atoms with Crippen molar-refractivity contribution < 1.29 is 8.91 Å². The number of rotatable bonds is 3. The smallest absolute Gasteiger partial charge is 0.248 e. The fraction of sp³-hybridized carbons (Fsp3) is 0.125. The predicted molar refractivity (Wildman–Crippen MR) is 76.9 cm³/mol. The van der Waals surface area contributed by atoms with Crippen LogP contribution in [0.1, 0.15) is 23.1 Å². The Hall–Kier alpha value is -2.53. The van der Waals surface area contributed by atoms with Crippen molar-refractivity contribution in [2.75, 3.05) is 0 Å². The SMILES string of the molecule is Cc1ccc(F)cc1-c1noc([C@H](N)c2ccccc2)n1. The molecule has 0 aliphatic rings. The molecule has 2 N–H and O–H groups in total. The van der Waals surface area contributed by atoms with Crippen LogP contribution in [-0.2, 0) is 0 Å². The molecule has 3 aromatic rings. The number of nitrogens with two attached hydrogens (primary N) is 1. The zero-order valence-electron chi connectivity index (χ0n) is 11.5. The highest BCUT2D eigenvalue weighted by molar-refractivity contribution is 5.59. The molecule has 106 valence electrons. The minimum absolute atomic E-state index is 0.305. The topological polar surface area (TPSA) is 64.9 Å². The van der Waals surface area contributed by atoms with Gasteiger partial charge in [0.1, 0.15) is 11.9 Å². The Kier molecular flexibility index (Phi) is 3.50. The van der Waals surface area contributed by atoms with Crippen LogP contribution >= 0.6 is 0 Å². The summed E-state index contributed by atoms with van der Waals surface area (Å²) in [6.45, 7) is 1.86. The Morgan fingerprint density at radius 1 is 1.14 bits per heavy atom. The Balaban J connectivity index is 1.95. The average Bonchev–Trinajstić information content (AvgIpc) is 2.99. The summed E-state index contributed by atoms with van der Waals surface area (Å²) in [5, 5.41) is 3.90. The first-order valence-corrected chi connectivity index (χ1v) is 6.56. The lowest BCUT2D eigenvalue weighted by atomic mass is 10.1. The summed E-state index contributed by atoms with van der Waals surface area (Å²) in [6.07, 6.45) is 0. The third-order valence-corrected chi connectivity index (χ3v) is 3.31. The predicted octanol–water partition coefficient (Wildman–Crippen LogP) is 3.23. The van der Waals surface area contributed by atoms with Crippen molar-refractivity contribution in [1.29, 1.82) is 0 Å². The molecule has 0 unspecified atom stereocenters. The average molecular weight is 283 g/mol. The molecule has 2 aromatic carbocycles. The van der Waals surface area contributed by atoms with E-state index in [0.29, 0.717) is 17.3 Å². The van der Waals surface area contributed by atoms with Gasteiger partial charge in [-0.15, -0.1) is 0 Å². The van der Waals surface area contributed by atoms with Gasteiger partial charge in [0.05, 0.1) is 0 Å². The zero-order chi connectivity index (χ0) is 14.8. The minimum Gasteiger partial charge on any atom is -0.337 e. The first-order chi connectivity index (χ1) is 10.1. The second-order valence-corrected chi connectivity index (χ2v) is 4.80. The molecule has 3 rings (SSSR count). The minimum atomic E-state index is -0.499. The van der Waals surface area contributed by atoms with Crippen LogP contribution in [0.4, 0.5) is 4.39 Å². The van der Waals surface area contributed by atoms with Crippen LogP contribution in [0.2, 0.25) is 0 Å². The molecule has 1 aromatic heterocycles. The second-order valence-electron chi connectivity index (χ2n) is 4.80. The van der Waals surface area contributed by atoms with Gasteiger partial charge in [0.2, 0.25) is 11.7 Å². The number of benzene rings is 2. The summed E-state index contributed by atoms with van der Waals surface area (Å²) in [6, 6.07) is 13.4. The molecule has 4 nitrogen and oxygen atoms in total. The highest BCUT2D eigenvalue weighted by atomic mass is 19.1. The number of halogens is 1. The Morgan fingerprint density at radius 3 is 2.67 bits per heavy atom. The number of aryl methyl sites for hydroxylation is 1. The van der Waals surface area contributed by atoms with E-state index in [1.807, 2.05) is 37.3 Å². The van der Waals surface area contributed by atoms with Crippen molar-refractivity contribution in [3.8, 4) is 11.4 Å². The van der Waals surface area contributed by atoms with Crippen molar-refractivity contribution in [2.45, 2.75) is 13.0 Å². The van der Waals surface area contributed by atoms with E-state index in [1.165, 1.54) is 12.1 Å². The van der Waals surface area contributed by atoms with Gasteiger partial charge in [0.25, 0.3) is 0 Å². The molecule has 0 bridgehead atoms. The largest absolute Gasteiger partial charge is 0.337 e. The van der Waals surface area contributed by atoms with Crippen molar-refractivity contribution in [3.63, 3.8) is 0 Å².